The first-order valence-corrected chi connectivity index (χ1v) is 7.45. The standard InChI is InChI=1S/C16H21F3N2O3/c1-9(2)6-12(20)14(22)21-13(15(23)24)8-10-4-3-5-11(7-10)16(17,18)19/h3-5,7,9,12-13H,6,8,20H2,1-2H3,(H,21,22)(H,23,24). The predicted molar refractivity (Wildman–Crippen MR) is 82.1 cm³/mol. The van der Waals surface area contributed by atoms with Crippen molar-refractivity contribution in [1.29, 1.82) is 0 Å². The van der Waals surface area contributed by atoms with E-state index in [1.54, 1.807) is 0 Å². The van der Waals surface area contributed by atoms with Crippen LogP contribution in [0.1, 0.15) is 31.4 Å². The first-order chi connectivity index (χ1) is 11.0. The van der Waals surface area contributed by atoms with E-state index in [0.717, 1.165) is 12.1 Å². The van der Waals surface area contributed by atoms with Crippen LogP contribution < -0.4 is 11.1 Å². The van der Waals surface area contributed by atoms with Crippen molar-refractivity contribution in [3.8, 4) is 0 Å². The molecule has 2 atom stereocenters. The molecule has 0 aliphatic heterocycles. The molecular formula is C16H21F3N2O3. The molecular weight excluding hydrogens is 325 g/mol. The maximum Gasteiger partial charge on any atom is 0.416 e. The number of carboxylic acid groups (broad SMARTS) is 1. The summed E-state index contributed by atoms with van der Waals surface area (Å²) in [6, 6.07) is 2.13. The van der Waals surface area contributed by atoms with Crippen molar-refractivity contribution in [3.63, 3.8) is 0 Å². The van der Waals surface area contributed by atoms with E-state index in [1.807, 2.05) is 13.8 Å². The number of rotatable bonds is 7. The lowest BCUT2D eigenvalue weighted by Gasteiger charge is -2.19. The van der Waals surface area contributed by atoms with Gasteiger partial charge in [0.2, 0.25) is 5.91 Å². The van der Waals surface area contributed by atoms with E-state index in [2.05, 4.69) is 5.32 Å². The smallest absolute Gasteiger partial charge is 0.416 e. The third kappa shape index (κ3) is 6.19. The molecule has 8 heteroatoms. The van der Waals surface area contributed by atoms with Crippen LogP contribution in [0.15, 0.2) is 24.3 Å². The Morgan fingerprint density at radius 2 is 1.92 bits per heavy atom. The van der Waals surface area contributed by atoms with Crippen molar-refractivity contribution in [2.75, 3.05) is 0 Å². The number of halogens is 3. The van der Waals surface area contributed by atoms with Crippen LogP contribution in [0.25, 0.3) is 0 Å². The number of carboxylic acids is 1. The number of nitrogens with two attached hydrogens (primary N) is 1. The second kappa shape index (κ2) is 8.14. The number of carbonyl (C=O) groups excluding carboxylic acids is 1. The summed E-state index contributed by atoms with van der Waals surface area (Å²) >= 11 is 0. The highest BCUT2D eigenvalue weighted by Gasteiger charge is 2.31. The molecule has 1 aromatic rings. The van der Waals surface area contributed by atoms with E-state index < -0.39 is 35.7 Å². The number of nitrogens with one attached hydrogen (secondary N) is 1. The molecule has 2 unspecified atom stereocenters. The second-order valence-electron chi connectivity index (χ2n) is 6.04. The Balaban J connectivity index is 2.84. The second-order valence-corrected chi connectivity index (χ2v) is 6.04. The van der Waals surface area contributed by atoms with Gasteiger partial charge < -0.3 is 16.2 Å². The van der Waals surface area contributed by atoms with E-state index >= 15 is 0 Å². The molecule has 0 bridgehead atoms. The SMILES string of the molecule is CC(C)CC(N)C(=O)NC(Cc1cccc(C(F)(F)F)c1)C(=O)O. The predicted octanol–water partition coefficient (Wildman–Crippen LogP) is 2.19. The Morgan fingerprint density at radius 1 is 1.29 bits per heavy atom. The van der Waals surface area contributed by atoms with Crippen LogP contribution in [-0.2, 0) is 22.2 Å². The van der Waals surface area contributed by atoms with Gasteiger partial charge in [-0.2, -0.15) is 13.2 Å². The molecule has 24 heavy (non-hydrogen) atoms. The molecule has 0 radical (unpaired) electrons. The monoisotopic (exact) mass is 346 g/mol. The van der Waals surface area contributed by atoms with Crippen molar-refractivity contribution < 1.29 is 27.9 Å². The number of amides is 1. The summed E-state index contributed by atoms with van der Waals surface area (Å²) in [5.41, 5.74) is 4.98. The average Bonchev–Trinajstić information content (AvgIpc) is 2.45. The molecule has 1 amide bonds. The Hall–Kier alpha value is -2.09. The first-order valence-electron chi connectivity index (χ1n) is 7.45. The van der Waals surface area contributed by atoms with Gasteiger partial charge in [-0.05, 0) is 24.0 Å². The minimum Gasteiger partial charge on any atom is -0.480 e. The summed E-state index contributed by atoms with van der Waals surface area (Å²) in [4.78, 5) is 23.2. The summed E-state index contributed by atoms with van der Waals surface area (Å²) < 4.78 is 38.1. The van der Waals surface area contributed by atoms with Gasteiger partial charge in [-0.3, -0.25) is 4.79 Å². The number of alkyl halides is 3. The number of hydrogen-bond acceptors (Lipinski definition) is 3. The largest absolute Gasteiger partial charge is 0.480 e. The topological polar surface area (TPSA) is 92.4 Å². The van der Waals surface area contributed by atoms with Gasteiger partial charge in [0.1, 0.15) is 6.04 Å². The summed E-state index contributed by atoms with van der Waals surface area (Å²) in [6.45, 7) is 3.73. The van der Waals surface area contributed by atoms with Crippen LogP contribution in [0.5, 0.6) is 0 Å². The summed E-state index contributed by atoms with van der Waals surface area (Å²) in [6.07, 6.45) is -4.40. The summed E-state index contributed by atoms with van der Waals surface area (Å²) in [5, 5.41) is 11.5. The number of hydrogen-bond donors (Lipinski definition) is 3. The van der Waals surface area contributed by atoms with Gasteiger partial charge in [0.15, 0.2) is 0 Å². The molecule has 0 fully saturated rings. The molecule has 0 saturated heterocycles. The summed E-state index contributed by atoms with van der Waals surface area (Å²) in [7, 11) is 0. The zero-order chi connectivity index (χ0) is 18.5. The highest BCUT2D eigenvalue weighted by atomic mass is 19.4. The van der Waals surface area contributed by atoms with Crippen LogP contribution in [-0.4, -0.2) is 29.1 Å². The molecule has 1 aromatic carbocycles. The van der Waals surface area contributed by atoms with Gasteiger partial charge in [-0.15, -0.1) is 0 Å². The van der Waals surface area contributed by atoms with E-state index in [1.165, 1.54) is 12.1 Å². The maximum absolute atomic E-state index is 12.7. The highest BCUT2D eigenvalue weighted by molar-refractivity contribution is 5.86. The normalized spacial score (nSPS) is 14.3. The maximum atomic E-state index is 12.7. The van der Waals surface area contributed by atoms with E-state index in [4.69, 9.17) is 5.73 Å². The van der Waals surface area contributed by atoms with Crippen LogP contribution in [0.4, 0.5) is 13.2 Å². The molecule has 0 heterocycles. The van der Waals surface area contributed by atoms with Gasteiger partial charge in [0.25, 0.3) is 0 Å². The van der Waals surface area contributed by atoms with E-state index in [0.29, 0.717) is 6.42 Å². The lowest BCUT2D eigenvalue weighted by molar-refractivity contribution is -0.142. The van der Waals surface area contributed by atoms with Crippen LogP contribution in [0, 0.1) is 5.92 Å². The van der Waals surface area contributed by atoms with Gasteiger partial charge in [0, 0.05) is 6.42 Å². The van der Waals surface area contributed by atoms with Gasteiger partial charge >= 0.3 is 12.1 Å². The molecule has 0 saturated carbocycles. The number of carbonyl (C=O) groups is 2. The zero-order valence-electron chi connectivity index (χ0n) is 13.4. The van der Waals surface area contributed by atoms with Crippen molar-refractivity contribution in [2.24, 2.45) is 11.7 Å². The van der Waals surface area contributed by atoms with Crippen LogP contribution in [0.2, 0.25) is 0 Å². The zero-order valence-corrected chi connectivity index (χ0v) is 13.4. The Morgan fingerprint density at radius 3 is 2.42 bits per heavy atom. The molecule has 0 spiro atoms. The lowest BCUT2D eigenvalue weighted by Crippen LogP contribution is -2.49. The molecule has 0 aliphatic carbocycles. The van der Waals surface area contributed by atoms with Crippen LogP contribution >= 0.6 is 0 Å². The minimum atomic E-state index is -4.52. The minimum absolute atomic E-state index is 0.150. The first kappa shape index (κ1) is 20.0. The van der Waals surface area contributed by atoms with Gasteiger partial charge in [-0.25, -0.2) is 4.79 Å². The third-order valence-corrected chi connectivity index (χ3v) is 3.37. The fraction of sp³-hybridized carbons (Fsp3) is 0.500. The average molecular weight is 346 g/mol. The van der Waals surface area contributed by atoms with Crippen molar-refractivity contribution in [2.45, 2.75) is 44.9 Å². The summed E-state index contributed by atoms with van der Waals surface area (Å²) in [5.74, 6) is -1.82. The van der Waals surface area contributed by atoms with Crippen molar-refractivity contribution >= 4 is 11.9 Å². The van der Waals surface area contributed by atoms with E-state index in [-0.39, 0.29) is 17.9 Å². The molecule has 134 valence electrons. The fourth-order valence-electron chi connectivity index (χ4n) is 2.20. The molecule has 0 aliphatic rings. The lowest BCUT2D eigenvalue weighted by atomic mass is 10.0. The fourth-order valence-corrected chi connectivity index (χ4v) is 2.20. The molecule has 4 N–H and O–H groups in total. The Bertz CT molecular complexity index is 588. The third-order valence-electron chi connectivity index (χ3n) is 3.37. The molecule has 5 nitrogen and oxygen atoms in total. The van der Waals surface area contributed by atoms with Crippen molar-refractivity contribution in [3.05, 3.63) is 35.4 Å². The van der Waals surface area contributed by atoms with Crippen molar-refractivity contribution in [1.82, 2.24) is 5.32 Å². The molecule has 0 aromatic heterocycles. The van der Waals surface area contributed by atoms with E-state index in [9.17, 15) is 27.9 Å². The quantitative estimate of drug-likeness (QED) is 0.706. The highest BCUT2D eigenvalue weighted by Crippen LogP contribution is 2.29. The van der Waals surface area contributed by atoms with Gasteiger partial charge in [-0.1, -0.05) is 32.0 Å². The van der Waals surface area contributed by atoms with Gasteiger partial charge in [0.05, 0.1) is 11.6 Å². The number of benzene rings is 1. The number of aliphatic carboxylic acids is 1. The Labute approximate surface area is 138 Å². The molecule has 1 rings (SSSR count). The Kier molecular flexibility index (Phi) is 6.77. The van der Waals surface area contributed by atoms with Crippen LogP contribution in [0.3, 0.4) is 0 Å².